The molecule has 0 aliphatic carbocycles. The van der Waals surface area contributed by atoms with Crippen LogP contribution >= 0.6 is 0 Å². The fourth-order valence-corrected chi connectivity index (χ4v) is 0.933. The Morgan fingerprint density at radius 2 is 1.93 bits per heavy atom. The van der Waals surface area contributed by atoms with E-state index in [1.54, 1.807) is 0 Å². The number of ketones is 1. The quantitative estimate of drug-likeness (QED) is 0.573. The van der Waals surface area contributed by atoms with Gasteiger partial charge < -0.3 is 4.74 Å². The molecule has 0 atom stereocenters. The van der Waals surface area contributed by atoms with E-state index >= 15 is 0 Å². The topological polar surface area (TPSA) is 26.3 Å². The summed E-state index contributed by atoms with van der Waals surface area (Å²) in [6, 6.07) is 0. The van der Waals surface area contributed by atoms with Gasteiger partial charge in [0.1, 0.15) is 12.4 Å². The van der Waals surface area contributed by atoms with E-state index in [1.165, 1.54) is 0 Å². The Hall–Kier alpha value is -0.510. The summed E-state index contributed by atoms with van der Waals surface area (Å²) in [6.45, 7) is 3.62. The van der Waals surface area contributed by atoms with E-state index in [0.29, 0.717) is 12.3 Å². The molecule has 0 saturated carbocycles. The third-order valence-electron chi connectivity index (χ3n) is 1.77. The van der Waals surface area contributed by atoms with Crippen LogP contribution in [-0.2, 0) is 9.53 Å². The molecule has 84 valence electrons. The predicted molar refractivity (Wildman–Crippen MR) is 50.5 cm³/mol. The van der Waals surface area contributed by atoms with Crippen LogP contribution in [0.25, 0.3) is 0 Å². The van der Waals surface area contributed by atoms with Crippen molar-refractivity contribution in [1.29, 1.82) is 0 Å². The zero-order valence-electron chi connectivity index (χ0n) is 8.76. The molecule has 0 bridgehead atoms. The number of Topliss-reactive ketones (excluding diaryl/α,β-unsaturated/α-hetero) is 1. The van der Waals surface area contributed by atoms with Crippen LogP contribution in [0.1, 0.15) is 33.1 Å². The van der Waals surface area contributed by atoms with Gasteiger partial charge in [0.2, 0.25) is 0 Å². The minimum Gasteiger partial charge on any atom is -0.375 e. The van der Waals surface area contributed by atoms with Crippen LogP contribution in [0.2, 0.25) is 0 Å². The van der Waals surface area contributed by atoms with E-state index in [1.807, 2.05) is 13.8 Å². The Bertz CT molecular complexity index is 158. The first kappa shape index (κ1) is 13.5. The molecule has 0 saturated heterocycles. The van der Waals surface area contributed by atoms with E-state index in [9.17, 15) is 13.6 Å². The summed E-state index contributed by atoms with van der Waals surface area (Å²) < 4.78 is 27.8. The van der Waals surface area contributed by atoms with Crippen molar-refractivity contribution >= 4 is 5.78 Å². The first-order valence-electron chi connectivity index (χ1n) is 4.90. The van der Waals surface area contributed by atoms with Gasteiger partial charge in [0.05, 0.1) is 6.61 Å². The number of carbonyl (C=O) groups excluding carboxylic acids is 1. The Kier molecular flexibility index (Phi) is 7.57. The number of hydrogen-bond donors (Lipinski definition) is 0. The lowest BCUT2D eigenvalue weighted by atomic mass is 10.0. The third kappa shape index (κ3) is 9.58. The third-order valence-corrected chi connectivity index (χ3v) is 1.77. The molecular formula is C10H18F2O2. The number of hydrogen-bond acceptors (Lipinski definition) is 2. The van der Waals surface area contributed by atoms with Crippen LogP contribution in [0.15, 0.2) is 0 Å². The molecule has 0 aliphatic heterocycles. The lowest BCUT2D eigenvalue weighted by Crippen LogP contribution is -2.09. The molecule has 0 aromatic heterocycles. The standard InChI is InChI=1S/C10H18F2O2/c1-8(2)3-4-9(13)5-6-14-7-10(11)12/h8,10H,3-7H2,1-2H3. The fourth-order valence-electron chi connectivity index (χ4n) is 0.933. The molecule has 14 heavy (non-hydrogen) atoms. The van der Waals surface area contributed by atoms with Gasteiger partial charge in [-0.25, -0.2) is 8.78 Å². The maximum Gasteiger partial charge on any atom is 0.261 e. The van der Waals surface area contributed by atoms with Crippen molar-refractivity contribution < 1.29 is 18.3 Å². The minimum atomic E-state index is -2.44. The van der Waals surface area contributed by atoms with Gasteiger partial charge in [-0.05, 0) is 12.3 Å². The predicted octanol–water partition coefficient (Wildman–Crippen LogP) is 2.66. The monoisotopic (exact) mass is 208 g/mol. The van der Waals surface area contributed by atoms with Crippen LogP contribution in [0, 0.1) is 5.92 Å². The van der Waals surface area contributed by atoms with Crippen molar-refractivity contribution in [3.63, 3.8) is 0 Å². The normalized spacial score (nSPS) is 11.3. The van der Waals surface area contributed by atoms with Crippen molar-refractivity contribution in [2.45, 2.75) is 39.5 Å². The molecule has 0 aromatic rings. The smallest absolute Gasteiger partial charge is 0.261 e. The lowest BCUT2D eigenvalue weighted by Gasteiger charge is -2.04. The summed E-state index contributed by atoms with van der Waals surface area (Å²) in [6.07, 6.45) is -0.816. The molecule has 0 radical (unpaired) electrons. The maximum atomic E-state index is 11.6. The van der Waals surface area contributed by atoms with Crippen LogP contribution in [0.4, 0.5) is 8.78 Å². The SMILES string of the molecule is CC(C)CCC(=O)CCOCC(F)F. The van der Waals surface area contributed by atoms with Crippen molar-refractivity contribution in [2.24, 2.45) is 5.92 Å². The van der Waals surface area contributed by atoms with Crippen molar-refractivity contribution in [2.75, 3.05) is 13.2 Å². The van der Waals surface area contributed by atoms with Gasteiger partial charge in [0.15, 0.2) is 0 Å². The second-order valence-corrected chi connectivity index (χ2v) is 3.69. The van der Waals surface area contributed by atoms with Crippen molar-refractivity contribution in [1.82, 2.24) is 0 Å². The zero-order chi connectivity index (χ0) is 11.0. The zero-order valence-corrected chi connectivity index (χ0v) is 8.76. The lowest BCUT2D eigenvalue weighted by molar-refractivity contribution is -0.120. The van der Waals surface area contributed by atoms with Gasteiger partial charge in [-0.1, -0.05) is 13.8 Å². The van der Waals surface area contributed by atoms with Crippen LogP contribution in [0.5, 0.6) is 0 Å². The molecule has 0 heterocycles. The van der Waals surface area contributed by atoms with Gasteiger partial charge in [0, 0.05) is 12.8 Å². The number of rotatable bonds is 8. The molecule has 0 spiro atoms. The summed E-state index contributed by atoms with van der Waals surface area (Å²) in [5.41, 5.74) is 0. The molecule has 0 fully saturated rings. The summed E-state index contributed by atoms with van der Waals surface area (Å²) in [5.74, 6) is 0.592. The van der Waals surface area contributed by atoms with Gasteiger partial charge in [-0.2, -0.15) is 0 Å². The second kappa shape index (κ2) is 7.85. The number of carbonyl (C=O) groups is 1. The largest absolute Gasteiger partial charge is 0.375 e. The van der Waals surface area contributed by atoms with E-state index in [4.69, 9.17) is 0 Å². The molecule has 0 aromatic carbocycles. The fraction of sp³-hybridized carbons (Fsp3) is 0.900. The summed E-state index contributed by atoms with van der Waals surface area (Å²) in [5, 5.41) is 0. The molecule has 0 aliphatic rings. The molecular weight excluding hydrogens is 190 g/mol. The Balaban J connectivity index is 3.27. The summed E-state index contributed by atoms with van der Waals surface area (Å²) in [7, 11) is 0. The first-order chi connectivity index (χ1) is 6.52. The number of alkyl halides is 2. The Labute approximate surface area is 83.6 Å². The molecule has 2 nitrogen and oxygen atoms in total. The van der Waals surface area contributed by atoms with Gasteiger partial charge >= 0.3 is 0 Å². The minimum absolute atomic E-state index is 0.0907. The Morgan fingerprint density at radius 1 is 1.29 bits per heavy atom. The molecule has 0 amide bonds. The van der Waals surface area contributed by atoms with E-state index in [2.05, 4.69) is 4.74 Å². The molecule has 0 N–H and O–H groups in total. The van der Waals surface area contributed by atoms with Crippen molar-refractivity contribution in [3.05, 3.63) is 0 Å². The highest BCUT2D eigenvalue weighted by molar-refractivity contribution is 5.78. The number of ether oxygens (including phenoxy) is 1. The van der Waals surface area contributed by atoms with E-state index < -0.39 is 13.0 Å². The van der Waals surface area contributed by atoms with E-state index in [0.717, 1.165) is 6.42 Å². The van der Waals surface area contributed by atoms with Gasteiger partial charge in [0.25, 0.3) is 6.43 Å². The maximum absolute atomic E-state index is 11.6. The summed E-state index contributed by atoms with van der Waals surface area (Å²) >= 11 is 0. The van der Waals surface area contributed by atoms with Crippen LogP contribution in [-0.4, -0.2) is 25.4 Å². The first-order valence-corrected chi connectivity index (χ1v) is 4.90. The summed E-state index contributed by atoms with van der Waals surface area (Å²) in [4.78, 5) is 11.1. The average Bonchev–Trinajstić information content (AvgIpc) is 2.08. The Morgan fingerprint density at radius 3 is 2.43 bits per heavy atom. The molecule has 0 rings (SSSR count). The van der Waals surface area contributed by atoms with Crippen LogP contribution < -0.4 is 0 Å². The molecule has 4 heteroatoms. The van der Waals surface area contributed by atoms with Gasteiger partial charge in [-0.3, -0.25) is 4.79 Å². The van der Waals surface area contributed by atoms with E-state index in [-0.39, 0.29) is 18.8 Å². The molecule has 0 unspecified atom stereocenters. The highest BCUT2D eigenvalue weighted by Gasteiger charge is 2.05. The van der Waals surface area contributed by atoms with Crippen molar-refractivity contribution in [3.8, 4) is 0 Å². The highest BCUT2D eigenvalue weighted by atomic mass is 19.3. The second-order valence-electron chi connectivity index (χ2n) is 3.69. The van der Waals surface area contributed by atoms with Gasteiger partial charge in [-0.15, -0.1) is 0 Å². The number of halogens is 2. The van der Waals surface area contributed by atoms with Crippen LogP contribution in [0.3, 0.4) is 0 Å². The average molecular weight is 208 g/mol. The highest BCUT2D eigenvalue weighted by Crippen LogP contribution is 2.05.